The number of fused-ring (bicyclic) bond motifs is 1. The zero-order chi connectivity index (χ0) is 19.8. The molecule has 9 nitrogen and oxygen atoms in total. The molecule has 1 aliphatic heterocycles. The highest BCUT2D eigenvalue weighted by Crippen LogP contribution is 2.27. The van der Waals surface area contributed by atoms with Crippen LogP contribution in [-0.2, 0) is 4.74 Å². The second-order valence-corrected chi connectivity index (χ2v) is 7.94. The van der Waals surface area contributed by atoms with Gasteiger partial charge in [0.25, 0.3) is 0 Å². The molecule has 0 aromatic carbocycles. The van der Waals surface area contributed by atoms with Crippen LogP contribution >= 0.6 is 11.6 Å². The lowest BCUT2D eigenvalue weighted by atomic mass is 10.2. The van der Waals surface area contributed by atoms with E-state index in [0.29, 0.717) is 47.5 Å². The molecule has 1 fully saturated rings. The monoisotopic (exact) mass is 393 g/mol. The Kier molecular flexibility index (Phi) is 5.25. The number of carbonyl (C=O) groups is 1. The number of amides is 1. The normalized spacial score (nSPS) is 17.9. The SMILES string of the molecule is CC1CN(c2nc3ncc(Cl)cc3nc2NN)CCN1C(=O)OC(C)(C)C. The molecule has 1 amide bonds. The van der Waals surface area contributed by atoms with E-state index < -0.39 is 5.60 Å². The topological polar surface area (TPSA) is 110 Å². The summed E-state index contributed by atoms with van der Waals surface area (Å²) >= 11 is 5.97. The van der Waals surface area contributed by atoms with Gasteiger partial charge in [0.2, 0.25) is 0 Å². The van der Waals surface area contributed by atoms with Gasteiger partial charge >= 0.3 is 6.09 Å². The first-order valence-electron chi connectivity index (χ1n) is 8.72. The lowest BCUT2D eigenvalue weighted by molar-refractivity contribution is 0.0158. The van der Waals surface area contributed by atoms with Crippen LogP contribution in [0.25, 0.3) is 11.2 Å². The molecular formula is C17H24ClN7O2. The van der Waals surface area contributed by atoms with E-state index in [1.54, 1.807) is 11.0 Å². The van der Waals surface area contributed by atoms with Gasteiger partial charge in [-0.05, 0) is 33.8 Å². The summed E-state index contributed by atoms with van der Waals surface area (Å²) in [6.45, 7) is 9.19. The van der Waals surface area contributed by atoms with Crippen molar-refractivity contribution in [2.24, 2.45) is 5.84 Å². The van der Waals surface area contributed by atoms with Crippen LogP contribution in [0.5, 0.6) is 0 Å². The number of rotatable bonds is 2. The number of piperazine rings is 1. The number of nitrogens with one attached hydrogen (secondary N) is 1. The van der Waals surface area contributed by atoms with Gasteiger partial charge in [-0.3, -0.25) is 0 Å². The Balaban J connectivity index is 1.82. The van der Waals surface area contributed by atoms with Crippen molar-refractivity contribution in [1.82, 2.24) is 19.9 Å². The molecular weight excluding hydrogens is 370 g/mol. The Morgan fingerprint density at radius 1 is 1.37 bits per heavy atom. The molecule has 3 heterocycles. The third kappa shape index (κ3) is 4.30. The van der Waals surface area contributed by atoms with Crippen LogP contribution in [-0.4, -0.2) is 57.2 Å². The van der Waals surface area contributed by atoms with E-state index in [2.05, 4.69) is 20.4 Å². The van der Waals surface area contributed by atoms with Gasteiger partial charge in [0.1, 0.15) is 11.1 Å². The van der Waals surface area contributed by atoms with Crippen molar-refractivity contribution in [3.05, 3.63) is 17.3 Å². The molecule has 0 bridgehead atoms. The number of hydrogen-bond donors (Lipinski definition) is 2. The molecule has 0 spiro atoms. The maximum atomic E-state index is 12.4. The number of carbonyl (C=O) groups excluding carboxylic acids is 1. The van der Waals surface area contributed by atoms with Gasteiger partial charge in [0.05, 0.1) is 5.02 Å². The molecule has 2 aromatic rings. The van der Waals surface area contributed by atoms with Gasteiger partial charge in [-0.2, -0.15) is 0 Å². The summed E-state index contributed by atoms with van der Waals surface area (Å²) in [6, 6.07) is 1.62. The highest BCUT2D eigenvalue weighted by molar-refractivity contribution is 6.31. The molecule has 27 heavy (non-hydrogen) atoms. The van der Waals surface area contributed by atoms with E-state index in [0.717, 1.165) is 0 Å². The highest BCUT2D eigenvalue weighted by Gasteiger charge is 2.32. The van der Waals surface area contributed by atoms with Gasteiger partial charge in [0, 0.05) is 31.9 Å². The first kappa shape index (κ1) is 19.4. The lowest BCUT2D eigenvalue weighted by Crippen LogP contribution is -2.55. The molecule has 3 N–H and O–H groups in total. The van der Waals surface area contributed by atoms with Crippen LogP contribution in [0.4, 0.5) is 16.4 Å². The molecule has 0 saturated carbocycles. The van der Waals surface area contributed by atoms with Crippen LogP contribution in [0.1, 0.15) is 27.7 Å². The van der Waals surface area contributed by atoms with Gasteiger partial charge in [0.15, 0.2) is 17.3 Å². The highest BCUT2D eigenvalue weighted by atomic mass is 35.5. The number of nitrogens with two attached hydrogens (primary N) is 1. The van der Waals surface area contributed by atoms with E-state index >= 15 is 0 Å². The number of nitrogens with zero attached hydrogens (tertiary/aromatic N) is 5. The Morgan fingerprint density at radius 2 is 2.11 bits per heavy atom. The average Bonchev–Trinajstić information content (AvgIpc) is 2.58. The maximum absolute atomic E-state index is 12.4. The fourth-order valence-corrected chi connectivity index (χ4v) is 3.12. The van der Waals surface area contributed by atoms with Crippen molar-refractivity contribution in [1.29, 1.82) is 0 Å². The summed E-state index contributed by atoms with van der Waals surface area (Å²) < 4.78 is 5.49. The first-order chi connectivity index (χ1) is 12.7. The second kappa shape index (κ2) is 7.32. The maximum Gasteiger partial charge on any atom is 0.410 e. The van der Waals surface area contributed by atoms with Crippen molar-refractivity contribution in [3.63, 3.8) is 0 Å². The van der Waals surface area contributed by atoms with Crippen molar-refractivity contribution in [2.45, 2.75) is 39.3 Å². The van der Waals surface area contributed by atoms with Gasteiger partial charge in [-0.15, -0.1) is 0 Å². The molecule has 1 saturated heterocycles. The number of ether oxygens (including phenoxy) is 1. The minimum atomic E-state index is -0.526. The number of halogens is 1. The van der Waals surface area contributed by atoms with E-state index in [-0.39, 0.29) is 12.1 Å². The third-order valence-electron chi connectivity index (χ3n) is 4.16. The zero-order valence-corrected chi connectivity index (χ0v) is 16.6. The second-order valence-electron chi connectivity index (χ2n) is 7.51. The smallest absolute Gasteiger partial charge is 0.410 e. The molecule has 10 heteroatoms. The van der Waals surface area contributed by atoms with Gasteiger partial charge in [-0.1, -0.05) is 11.6 Å². The number of aromatic nitrogens is 3. The number of nitrogen functional groups attached to an aromatic ring is 1. The summed E-state index contributed by atoms with van der Waals surface area (Å²) in [6.07, 6.45) is 1.22. The molecule has 2 aromatic heterocycles. The zero-order valence-electron chi connectivity index (χ0n) is 15.9. The van der Waals surface area contributed by atoms with Crippen LogP contribution in [0.3, 0.4) is 0 Å². The molecule has 0 radical (unpaired) electrons. The molecule has 0 aliphatic carbocycles. The summed E-state index contributed by atoms with van der Waals surface area (Å²) in [5.74, 6) is 6.68. The van der Waals surface area contributed by atoms with Crippen LogP contribution < -0.4 is 16.2 Å². The third-order valence-corrected chi connectivity index (χ3v) is 4.37. The summed E-state index contributed by atoms with van der Waals surface area (Å²) in [7, 11) is 0. The van der Waals surface area contributed by atoms with Crippen molar-refractivity contribution < 1.29 is 9.53 Å². The standard InChI is InChI=1S/C17H24ClN7O2/c1-10-9-24(5-6-25(10)16(26)27-17(2,3)4)15-14(23-19)21-12-7-11(18)8-20-13(12)22-15/h7-8,10H,5-6,9,19H2,1-4H3,(H,21,23). The lowest BCUT2D eigenvalue weighted by Gasteiger charge is -2.40. The van der Waals surface area contributed by atoms with Crippen LogP contribution in [0.2, 0.25) is 5.02 Å². The van der Waals surface area contributed by atoms with Crippen molar-refractivity contribution in [3.8, 4) is 0 Å². The summed E-state index contributed by atoms with van der Waals surface area (Å²) in [5, 5.41) is 0.479. The molecule has 3 rings (SSSR count). The van der Waals surface area contributed by atoms with Crippen molar-refractivity contribution >= 4 is 40.5 Å². The molecule has 1 aliphatic rings. The Hall–Kier alpha value is -2.39. The summed E-state index contributed by atoms with van der Waals surface area (Å²) in [4.78, 5) is 29.4. The largest absolute Gasteiger partial charge is 0.444 e. The van der Waals surface area contributed by atoms with Gasteiger partial charge in [-0.25, -0.2) is 25.6 Å². The predicted molar refractivity (Wildman–Crippen MR) is 105 cm³/mol. The molecule has 1 atom stereocenters. The Bertz CT molecular complexity index is 855. The van der Waals surface area contributed by atoms with Crippen LogP contribution in [0.15, 0.2) is 12.3 Å². The van der Waals surface area contributed by atoms with Crippen molar-refractivity contribution in [2.75, 3.05) is 30.0 Å². The van der Waals surface area contributed by atoms with Crippen LogP contribution in [0, 0.1) is 0 Å². The molecule has 146 valence electrons. The Labute approximate surface area is 162 Å². The minimum absolute atomic E-state index is 0.0603. The Morgan fingerprint density at radius 3 is 2.74 bits per heavy atom. The first-order valence-corrected chi connectivity index (χ1v) is 9.10. The summed E-state index contributed by atoms with van der Waals surface area (Å²) in [5.41, 5.74) is 3.10. The van der Waals surface area contributed by atoms with E-state index in [4.69, 9.17) is 22.2 Å². The van der Waals surface area contributed by atoms with E-state index in [1.807, 2.05) is 32.6 Å². The number of anilines is 2. The van der Waals surface area contributed by atoms with E-state index in [9.17, 15) is 4.79 Å². The van der Waals surface area contributed by atoms with E-state index in [1.165, 1.54) is 6.20 Å². The van der Waals surface area contributed by atoms with Gasteiger partial charge < -0.3 is 20.0 Å². The quantitative estimate of drug-likeness (QED) is 0.591. The number of hydrogen-bond acceptors (Lipinski definition) is 8. The minimum Gasteiger partial charge on any atom is -0.444 e. The number of hydrazine groups is 1. The number of pyridine rings is 1. The average molecular weight is 394 g/mol. The molecule has 1 unspecified atom stereocenters. The fraction of sp³-hybridized carbons (Fsp3) is 0.529. The predicted octanol–water partition coefficient (Wildman–Crippen LogP) is 2.41. The fourth-order valence-electron chi connectivity index (χ4n) is 2.97.